The molecule has 0 aromatic rings. The van der Waals surface area contributed by atoms with E-state index in [4.69, 9.17) is 10.5 Å². The first kappa shape index (κ1) is 12.9. The zero-order valence-electron chi connectivity index (χ0n) is 9.58. The van der Waals surface area contributed by atoms with Gasteiger partial charge in [-0.15, -0.1) is 0 Å². The normalized spacial score (nSPS) is 16.6. The third kappa shape index (κ3) is 4.07. The Morgan fingerprint density at radius 1 is 1.31 bits per heavy atom. The van der Waals surface area contributed by atoms with Crippen molar-refractivity contribution < 1.29 is 4.74 Å². The van der Waals surface area contributed by atoms with E-state index in [1.807, 2.05) is 0 Å². The molecule has 0 aromatic carbocycles. The van der Waals surface area contributed by atoms with Gasteiger partial charge in [-0.2, -0.15) is 0 Å². The Bertz CT molecular complexity index is 128. The van der Waals surface area contributed by atoms with E-state index < -0.39 is 0 Å². The molecule has 0 bridgehead atoms. The van der Waals surface area contributed by atoms with Gasteiger partial charge in [0, 0.05) is 25.7 Å². The maximum absolute atomic E-state index is 5.75. The van der Waals surface area contributed by atoms with Crippen LogP contribution in [0.2, 0.25) is 0 Å². The van der Waals surface area contributed by atoms with Crippen molar-refractivity contribution in [3.8, 4) is 0 Å². The molecule has 3 heteroatoms. The van der Waals surface area contributed by atoms with Crippen LogP contribution in [-0.4, -0.2) is 44.3 Å². The molecule has 0 aliphatic carbocycles. The maximum atomic E-state index is 5.75. The largest absolute Gasteiger partial charge is 0.384 e. The summed E-state index contributed by atoms with van der Waals surface area (Å²) in [7, 11) is 3.85. The molecule has 0 heterocycles. The second-order valence-electron chi connectivity index (χ2n) is 3.99. The third-order valence-corrected chi connectivity index (χ3v) is 2.67. The van der Waals surface area contributed by atoms with Crippen LogP contribution in [0.25, 0.3) is 0 Å². The summed E-state index contributed by atoms with van der Waals surface area (Å²) in [5.74, 6) is 0.488. The molecule has 2 N–H and O–H groups in total. The van der Waals surface area contributed by atoms with Gasteiger partial charge in [-0.1, -0.05) is 6.92 Å². The summed E-state index contributed by atoms with van der Waals surface area (Å²) >= 11 is 0. The first-order valence-corrected chi connectivity index (χ1v) is 4.95. The molecule has 0 spiro atoms. The molecule has 0 aliphatic heterocycles. The lowest BCUT2D eigenvalue weighted by Crippen LogP contribution is -2.47. The highest BCUT2D eigenvalue weighted by Crippen LogP contribution is 2.11. The molecule has 0 amide bonds. The Balaban J connectivity index is 4.14. The van der Waals surface area contributed by atoms with Crippen LogP contribution in [0, 0.1) is 5.92 Å². The highest BCUT2D eigenvalue weighted by molar-refractivity contribution is 4.77. The van der Waals surface area contributed by atoms with Crippen LogP contribution in [0.15, 0.2) is 0 Å². The molecule has 80 valence electrons. The van der Waals surface area contributed by atoms with Crippen LogP contribution in [0.4, 0.5) is 0 Å². The summed E-state index contributed by atoms with van der Waals surface area (Å²) in [5.41, 5.74) is 5.75. The quantitative estimate of drug-likeness (QED) is 0.674. The lowest BCUT2D eigenvalue weighted by atomic mass is 10.0. The first-order valence-electron chi connectivity index (χ1n) is 4.95. The Morgan fingerprint density at radius 3 is 2.15 bits per heavy atom. The van der Waals surface area contributed by atoms with Crippen molar-refractivity contribution in [3.63, 3.8) is 0 Å². The standard InChI is InChI=1S/C10H24N2O/c1-8(2)12(4)10(6-11)9(3)7-13-5/h8-10H,6-7,11H2,1-5H3. The summed E-state index contributed by atoms with van der Waals surface area (Å²) in [5, 5.41) is 0. The van der Waals surface area contributed by atoms with Crippen LogP contribution >= 0.6 is 0 Å². The molecule has 2 atom stereocenters. The lowest BCUT2D eigenvalue weighted by Gasteiger charge is -2.34. The molecular formula is C10H24N2O. The van der Waals surface area contributed by atoms with Gasteiger partial charge in [-0.3, -0.25) is 4.90 Å². The molecule has 0 saturated heterocycles. The van der Waals surface area contributed by atoms with Crippen molar-refractivity contribution in [2.24, 2.45) is 11.7 Å². The number of ether oxygens (including phenoxy) is 1. The average molecular weight is 188 g/mol. The Labute approximate surface area is 82.2 Å². The molecule has 2 unspecified atom stereocenters. The van der Waals surface area contributed by atoms with Crippen molar-refractivity contribution in [1.82, 2.24) is 4.90 Å². The van der Waals surface area contributed by atoms with E-state index in [9.17, 15) is 0 Å². The van der Waals surface area contributed by atoms with E-state index >= 15 is 0 Å². The molecule has 0 radical (unpaired) electrons. The van der Waals surface area contributed by atoms with Gasteiger partial charge in [0.2, 0.25) is 0 Å². The fourth-order valence-electron chi connectivity index (χ4n) is 1.56. The Kier molecular flexibility index (Phi) is 6.29. The zero-order valence-corrected chi connectivity index (χ0v) is 9.58. The van der Waals surface area contributed by atoms with Crippen LogP contribution in [0.5, 0.6) is 0 Å². The minimum Gasteiger partial charge on any atom is -0.384 e. The number of likely N-dealkylation sites (N-methyl/N-ethyl adjacent to an activating group) is 1. The molecule has 3 nitrogen and oxygen atoms in total. The van der Waals surface area contributed by atoms with E-state index in [2.05, 4.69) is 32.7 Å². The summed E-state index contributed by atoms with van der Waals surface area (Å²) in [6.45, 7) is 8.02. The number of rotatable bonds is 6. The number of nitrogens with zero attached hydrogens (tertiary/aromatic N) is 1. The molecule has 0 aliphatic rings. The second kappa shape index (κ2) is 6.35. The summed E-state index contributed by atoms with van der Waals surface area (Å²) in [6.07, 6.45) is 0. The number of methoxy groups -OCH3 is 1. The van der Waals surface area contributed by atoms with Crippen molar-refractivity contribution in [2.45, 2.75) is 32.9 Å². The van der Waals surface area contributed by atoms with Gasteiger partial charge in [0.25, 0.3) is 0 Å². The van der Waals surface area contributed by atoms with Crippen LogP contribution in [0.1, 0.15) is 20.8 Å². The molecule has 0 rings (SSSR count). The topological polar surface area (TPSA) is 38.5 Å². The van der Waals surface area contributed by atoms with Crippen LogP contribution in [-0.2, 0) is 4.74 Å². The molecule has 0 fully saturated rings. The van der Waals surface area contributed by atoms with E-state index in [1.54, 1.807) is 7.11 Å². The maximum Gasteiger partial charge on any atom is 0.0503 e. The lowest BCUT2D eigenvalue weighted by molar-refractivity contribution is 0.0843. The van der Waals surface area contributed by atoms with E-state index in [0.717, 1.165) is 6.61 Å². The Hall–Kier alpha value is -0.120. The summed E-state index contributed by atoms with van der Waals surface area (Å²) in [6, 6.07) is 0.952. The van der Waals surface area contributed by atoms with Crippen LogP contribution in [0.3, 0.4) is 0 Å². The van der Waals surface area contributed by atoms with Gasteiger partial charge in [-0.25, -0.2) is 0 Å². The van der Waals surface area contributed by atoms with Gasteiger partial charge >= 0.3 is 0 Å². The van der Waals surface area contributed by atoms with Crippen molar-refractivity contribution in [2.75, 3.05) is 27.3 Å². The van der Waals surface area contributed by atoms with Gasteiger partial charge in [0.1, 0.15) is 0 Å². The third-order valence-electron chi connectivity index (χ3n) is 2.67. The number of nitrogens with two attached hydrogens (primary N) is 1. The molecular weight excluding hydrogens is 164 g/mol. The van der Waals surface area contributed by atoms with Crippen molar-refractivity contribution >= 4 is 0 Å². The second-order valence-corrected chi connectivity index (χ2v) is 3.99. The van der Waals surface area contributed by atoms with Gasteiger partial charge < -0.3 is 10.5 Å². The smallest absolute Gasteiger partial charge is 0.0503 e. The SMILES string of the molecule is COCC(C)C(CN)N(C)C(C)C. The Morgan fingerprint density at radius 2 is 1.85 bits per heavy atom. The summed E-state index contributed by atoms with van der Waals surface area (Å²) < 4.78 is 5.13. The van der Waals surface area contributed by atoms with E-state index in [0.29, 0.717) is 24.5 Å². The van der Waals surface area contributed by atoms with Crippen molar-refractivity contribution in [3.05, 3.63) is 0 Å². The van der Waals surface area contributed by atoms with Gasteiger partial charge in [0.15, 0.2) is 0 Å². The van der Waals surface area contributed by atoms with E-state index in [-0.39, 0.29) is 0 Å². The molecule has 13 heavy (non-hydrogen) atoms. The molecule has 0 aromatic heterocycles. The minimum atomic E-state index is 0.417. The highest BCUT2D eigenvalue weighted by Gasteiger charge is 2.21. The fraction of sp³-hybridized carbons (Fsp3) is 1.00. The van der Waals surface area contributed by atoms with Gasteiger partial charge in [-0.05, 0) is 26.8 Å². The fourth-order valence-corrected chi connectivity index (χ4v) is 1.56. The minimum absolute atomic E-state index is 0.417. The predicted molar refractivity (Wildman–Crippen MR) is 56.8 cm³/mol. The predicted octanol–water partition coefficient (Wildman–Crippen LogP) is 0.936. The highest BCUT2D eigenvalue weighted by atomic mass is 16.5. The monoisotopic (exact) mass is 188 g/mol. The average Bonchev–Trinajstić information content (AvgIpc) is 2.05. The number of hydrogen-bond acceptors (Lipinski definition) is 3. The van der Waals surface area contributed by atoms with Crippen LogP contribution < -0.4 is 5.73 Å². The number of hydrogen-bond donors (Lipinski definition) is 1. The summed E-state index contributed by atoms with van der Waals surface area (Å²) in [4.78, 5) is 2.31. The van der Waals surface area contributed by atoms with E-state index in [1.165, 1.54) is 0 Å². The van der Waals surface area contributed by atoms with Gasteiger partial charge in [0.05, 0.1) is 6.61 Å². The molecule has 0 saturated carbocycles. The first-order chi connectivity index (χ1) is 6.04. The zero-order chi connectivity index (χ0) is 10.4. The van der Waals surface area contributed by atoms with Crippen molar-refractivity contribution in [1.29, 1.82) is 0 Å².